The number of rotatable bonds is 3. The molecule has 0 heterocycles. The van der Waals surface area contributed by atoms with Gasteiger partial charge in [-0.25, -0.2) is 12.8 Å². The highest BCUT2D eigenvalue weighted by atomic mass is 35.5. The molecule has 0 unspecified atom stereocenters. The van der Waals surface area contributed by atoms with Crippen LogP contribution in [-0.4, -0.2) is 8.42 Å². The van der Waals surface area contributed by atoms with Gasteiger partial charge in [0, 0.05) is 5.69 Å². The molecule has 2 rings (SSSR count). The molecule has 0 aliphatic rings. The van der Waals surface area contributed by atoms with Crippen molar-refractivity contribution in [3.8, 4) is 0 Å². The summed E-state index contributed by atoms with van der Waals surface area (Å²) in [4.78, 5) is -0.603. The standard InChI is InChI=1S/C13H8ClF4NO2S/c14-12-6-5-10(7-11(12)13(16,17)18)22(20,21)19-9-3-1-8(15)2-4-9/h1-7,19H. The first kappa shape index (κ1) is 16.6. The summed E-state index contributed by atoms with van der Waals surface area (Å²) in [6.45, 7) is 0. The van der Waals surface area contributed by atoms with Gasteiger partial charge in [0.1, 0.15) is 5.82 Å². The second-order valence-corrected chi connectivity index (χ2v) is 6.34. The molecule has 0 aliphatic heterocycles. The average molecular weight is 354 g/mol. The maximum atomic E-state index is 12.8. The third-order valence-corrected chi connectivity index (χ3v) is 4.36. The maximum Gasteiger partial charge on any atom is 0.417 e. The molecule has 2 aromatic carbocycles. The van der Waals surface area contributed by atoms with Crippen LogP contribution < -0.4 is 4.72 Å². The smallest absolute Gasteiger partial charge is 0.280 e. The Bertz CT molecular complexity index is 789. The average Bonchev–Trinajstić information content (AvgIpc) is 2.40. The van der Waals surface area contributed by atoms with Crippen LogP contribution in [0.2, 0.25) is 5.02 Å². The topological polar surface area (TPSA) is 46.2 Å². The Labute approximate surface area is 128 Å². The first-order valence-electron chi connectivity index (χ1n) is 5.75. The first-order valence-corrected chi connectivity index (χ1v) is 7.61. The fraction of sp³-hybridized carbons (Fsp3) is 0.0769. The van der Waals surface area contributed by atoms with Gasteiger partial charge in [0.15, 0.2) is 0 Å². The molecule has 0 amide bonds. The Morgan fingerprint density at radius 1 is 1.00 bits per heavy atom. The van der Waals surface area contributed by atoms with Crippen LogP contribution in [0.5, 0.6) is 0 Å². The highest BCUT2D eigenvalue weighted by molar-refractivity contribution is 7.92. The molecule has 0 fully saturated rings. The Balaban J connectivity index is 2.39. The minimum atomic E-state index is -4.78. The van der Waals surface area contributed by atoms with E-state index in [1.807, 2.05) is 0 Å². The van der Waals surface area contributed by atoms with E-state index >= 15 is 0 Å². The van der Waals surface area contributed by atoms with Crippen molar-refractivity contribution in [2.45, 2.75) is 11.1 Å². The van der Waals surface area contributed by atoms with Crippen molar-refractivity contribution >= 4 is 27.3 Å². The van der Waals surface area contributed by atoms with Crippen molar-refractivity contribution in [3.05, 3.63) is 58.9 Å². The second-order valence-electron chi connectivity index (χ2n) is 4.25. The lowest BCUT2D eigenvalue weighted by Gasteiger charge is -2.12. The molecule has 3 nitrogen and oxygen atoms in total. The lowest BCUT2D eigenvalue weighted by molar-refractivity contribution is -0.137. The summed E-state index contributed by atoms with van der Waals surface area (Å²) < 4.78 is 77.2. The van der Waals surface area contributed by atoms with E-state index in [0.717, 1.165) is 36.4 Å². The second kappa shape index (κ2) is 5.77. The summed E-state index contributed by atoms with van der Waals surface area (Å²) in [7, 11) is -4.26. The summed E-state index contributed by atoms with van der Waals surface area (Å²) in [6, 6.07) is 6.56. The molecule has 0 radical (unpaired) electrons. The lowest BCUT2D eigenvalue weighted by Crippen LogP contribution is -2.15. The SMILES string of the molecule is O=S(=O)(Nc1ccc(F)cc1)c1ccc(Cl)c(C(F)(F)F)c1. The van der Waals surface area contributed by atoms with Crippen LogP contribution >= 0.6 is 11.6 Å². The molecule has 0 aromatic heterocycles. The van der Waals surface area contributed by atoms with Crippen molar-refractivity contribution in [1.29, 1.82) is 0 Å². The third kappa shape index (κ3) is 3.69. The van der Waals surface area contributed by atoms with Gasteiger partial charge in [0.05, 0.1) is 15.5 Å². The molecule has 9 heteroatoms. The van der Waals surface area contributed by atoms with Crippen LogP contribution in [0.4, 0.5) is 23.2 Å². The molecule has 0 aliphatic carbocycles. The van der Waals surface area contributed by atoms with Gasteiger partial charge in [-0.3, -0.25) is 4.72 Å². The highest BCUT2D eigenvalue weighted by Gasteiger charge is 2.34. The van der Waals surface area contributed by atoms with Crippen LogP contribution in [0.3, 0.4) is 0 Å². The number of hydrogen-bond donors (Lipinski definition) is 1. The third-order valence-electron chi connectivity index (χ3n) is 2.65. The minimum absolute atomic E-state index is 0.0184. The number of anilines is 1. The van der Waals surface area contributed by atoms with Crippen LogP contribution in [0.15, 0.2) is 47.4 Å². The van der Waals surface area contributed by atoms with Gasteiger partial charge in [-0.2, -0.15) is 13.2 Å². The van der Waals surface area contributed by atoms with Gasteiger partial charge in [-0.1, -0.05) is 11.6 Å². The zero-order valence-corrected chi connectivity index (χ0v) is 12.2. The fourth-order valence-electron chi connectivity index (χ4n) is 1.62. The van der Waals surface area contributed by atoms with E-state index in [0.29, 0.717) is 6.07 Å². The minimum Gasteiger partial charge on any atom is -0.280 e. The number of sulfonamides is 1. The molecule has 118 valence electrons. The molecule has 0 spiro atoms. The van der Waals surface area contributed by atoms with Crippen molar-refractivity contribution in [2.75, 3.05) is 4.72 Å². The van der Waals surface area contributed by atoms with Crippen molar-refractivity contribution < 1.29 is 26.0 Å². The molecule has 22 heavy (non-hydrogen) atoms. The predicted molar refractivity (Wildman–Crippen MR) is 73.7 cm³/mol. The molecular weight excluding hydrogens is 346 g/mol. The Kier molecular flexibility index (Phi) is 4.35. The monoisotopic (exact) mass is 353 g/mol. The zero-order valence-electron chi connectivity index (χ0n) is 10.7. The summed E-state index contributed by atoms with van der Waals surface area (Å²) in [5.41, 5.74) is -1.24. The molecule has 2 aromatic rings. The van der Waals surface area contributed by atoms with Crippen molar-refractivity contribution in [1.82, 2.24) is 0 Å². The van der Waals surface area contributed by atoms with Crippen LogP contribution in [0.25, 0.3) is 0 Å². The van der Waals surface area contributed by atoms with Gasteiger partial charge in [0.25, 0.3) is 10.0 Å². The van der Waals surface area contributed by atoms with Gasteiger partial charge >= 0.3 is 6.18 Å². The number of nitrogens with one attached hydrogen (secondary N) is 1. The summed E-state index contributed by atoms with van der Waals surface area (Å²) in [6.07, 6.45) is -4.78. The Hall–Kier alpha value is -1.80. The van der Waals surface area contributed by atoms with E-state index in [1.165, 1.54) is 0 Å². The highest BCUT2D eigenvalue weighted by Crippen LogP contribution is 2.36. The quantitative estimate of drug-likeness (QED) is 0.836. The fourth-order valence-corrected chi connectivity index (χ4v) is 2.93. The van der Waals surface area contributed by atoms with Gasteiger partial charge < -0.3 is 0 Å². The summed E-state index contributed by atoms with van der Waals surface area (Å²) in [5.74, 6) is -0.575. The lowest BCUT2D eigenvalue weighted by atomic mass is 10.2. The van der Waals surface area contributed by atoms with E-state index < -0.39 is 37.5 Å². The molecular formula is C13H8ClF4NO2S. The molecule has 0 saturated heterocycles. The molecule has 0 bridgehead atoms. The zero-order chi connectivity index (χ0) is 16.5. The number of alkyl halides is 3. The number of halogens is 5. The molecule has 0 atom stereocenters. The van der Waals surface area contributed by atoms with Crippen LogP contribution in [0, 0.1) is 5.82 Å². The Morgan fingerprint density at radius 2 is 1.59 bits per heavy atom. The van der Waals surface area contributed by atoms with Gasteiger partial charge in [0.2, 0.25) is 0 Å². The van der Waals surface area contributed by atoms with Gasteiger partial charge in [-0.15, -0.1) is 0 Å². The van der Waals surface area contributed by atoms with E-state index in [4.69, 9.17) is 11.6 Å². The summed E-state index contributed by atoms with van der Waals surface area (Å²) in [5, 5.41) is -0.603. The Morgan fingerprint density at radius 3 is 2.14 bits per heavy atom. The van der Waals surface area contributed by atoms with Crippen molar-refractivity contribution in [2.24, 2.45) is 0 Å². The van der Waals surface area contributed by atoms with Crippen LogP contribution in [-0.2, 0) is 16.2 Å². The molecule has 0 saturated carbocycles. The van der Waals surface area contributed by atoms with Gasteiger partial charge in [-0.05, 0) is 42.5 Å². The largest absolute Gasteiger partial charge is 0.417 e. The molecule has 1 N–H and O–H groups in total. The predicted octanol–water partition coefficient (Wildman–Crippen LogP) is 4.30. The number of hydrogen-bond acceptors (Lipinski definition) is 2. The van der Waals surface area contributed by atoms with E-state index in [-0.39, 0.29) is 5.69 Å². The van der Waals surface area contributed by atoms with E-state index in [2.05, 4.69) is 4.72 Å². The normalized spacial score (nSPS) is 12.2. The number of benzene rings is 2. The van der Waals surface area contributed by atoms with Crippen molar-refractivity contribution in [3.63, 3.8) is 0 Å². The van der Waals surface area contributed by atoms with E-state index in [1.54, 1.807) is 0 Å². The summed E-state index contributed by atoms with van der Waals surface area (Å²) >= 11 is 5.43. The first-order chi connectivity index (χ1) is 10.1. The van der Waals surface area contributed by atoms with Crippen LogP contribution in [0.1, 0.15) is 5.56 Å². The van der Waals surface area contributed by atoms with E-state index in [9.17, 15) is 26.0 Å². The maximum absolute atomic E-state index is 12.8.